The molecule has 2 aromatic rings. The molecule has 0 saturated heterocycles. The largest absolute Gasteiger partial charge is 0.406 e. The van der Waals surface area contributed by atoms with E-state index in [2.05, 4.69) is 0 Å². The van der Waals surface area contributed by atoms with E-state index in [1.165, 1.54) is 28.6 Å². The van der Waals surface area contributed by atoms with E-state index in [1.54, 1.807) is 6.92 Å². The minimum atomic E-state index is -4.51. The zero-order chi connectivity index (χ0) is 23.1. The Morgan fingerprint density at radius 2 is 1.72 bits per heavy atom. The summed E-state index contributed by atoms with van der Waals surface area (Å²) in [5, 5.41) is 0. The number of fused-ring (bicyclic) bond motifs is 1. The molecule has 32 heavy (non-hydrogen) atoms. The Balaban J connectivity index is 1.53. The topological polar surface area (TPSA) is 57.7 Å². The second-order valence-electron chi connectivity index (χ2n) is 8.51. The summed E-state index contributed by atoms with van der Waals surface area (Å²) in [6, 6.07) is 12.3. The maximum Gasteiger partial charge on any atom is 0.406 e. The van der Waals surface area contributed by atoms with Gasteiger partial charge in [-0.1, -0.05) is 24.3 Å². The lowest BCUT2D eigenvalue weighted by Gasteiger charge is -2.30. The predicted octanol–water partition coefficient (Wildman–Crippen LogP) is 4.24. The average molecular weight is 467 g/mol. The first-order valence-electron chi connectivity index (χ1n) is 10.6. The van der Waals surface area contributed by atoms with Gasteiger partial charge in [-0.15, -0.1) is 0 Å². The van der Waals surface area contributed by atoms with Crippen LogP contribution in [0.4, 0.5) is 13.2 Å². The molecule has 0 aromatic heterocycles. The van der Waals surface area contributed by atoms with Gasteiger partial charge in [0.25, 0.3) is 5.91 Å². The van der Waals surface area contributed by atoms with E-state index >= 15 is 0 Å². The van der Waals surface area contributed by atoms with Crippen molar-refractivity contribution in [2.24, 2.45) is 5.92 Å². The first-order chi connectivity index (χ1) is 15.1. The fourth-order valence-corrected chi connectivity index (χ4v) is 5.61. The van der Waals surface area contributed by atoms with Gasteiger partial charge in [0.05, 0.1) is 4.90 Å². The highest BCUT2D eigenvalue weighted by Crippen LogP contribution is 2.37. The fraction of sp³-hybridized carbons (Fsp3) is 0.435. The maximum atomic E-state index is 13.1. The van der Waals surface area contributed by atoms with Crippen LogP contribution in [0.5, 0.6) is 0 Å². The van der Waals surface area contributed by atoms with E-state index in [0.717, 1.165) is 28.9 Å². The molecule has 1 aliphatic heterocycles. The lowest BCUT2D eigenvalue weighted by atomic mass is 10.0. The molecule has 0 spiro atoms. The summed E-state index contributed by atoms with van der Waals surface area (Å²) in [5.41, 5.74) is 2.12. The van der Waals surface area contributed by atoms with Gasteiger partial charge >= 0.3 is 6.18 Å². The van der Waals surface area contributed by atoms with Crippen molar-refractivity contribution < 1.29 is 26.4 Å². The fourth-order valence-electron chi connectivity index (χ4n) is 4.19. The van der Waals surface area contributed by atoms with Gasteiger partial charge in [0.1, 0.15) is 6.54 Å². The Kier molecular flexibility index (Phi) is 6.06. The summed E-state index contributed by atoms with van der Waals surface area (Å²) < 4.78 is 66.8. The second-order valence-corrected chi connectivity index (χ2v) is 10.4. The third kappa shape index (κ3) is 4.83. The van der Waals surface area contributed by atoms with E-state index < -0.39 is 34.7 Å². The molecule has 1 amide bonds. The maximum absolute atomic E-state index is 13.1. The van der Waals surface area contributed by atoms with Crippen molar-refractivity contribution in [3.05, 3.63) is 65.2 Å². The van der Waals surface area contributed by atoms with E-state index in [9.17, 15) is 26.4 Å². The minimum Gasteiger partial charge on any atom is -0.327 e. The standard InChI is InChI=1S/C23H25F3N2O3S/c1-16(17-6-7-17)28(15-23(24,25)26)22(29)19-8-10-21(11-9-19)32(30,31)27-13-12-18-4-2-3-5-20(18)14-27/h2-5,8-11,16-17H,6-7,12-15H2,1H3. The molecule has 2 aliphatic rings. The van der Waals surface area contributed by atoms with Crippen molar-refractivity contribution in [2.45, 2.75) is 49.8 Å². The number of nitrogens with zero attached hydrogens (tertiary/aromatic N) is 2. The van der Waals surface area contributed by atoms with Crippen LogP contribution in [0.25, 0.3) is 0 Å². The van der Waals surface area contributed by atoms with Crippen LogP contribution < -0.4 is 0 Å². The predicted molar refractivity (Wildman–Crippen MR) is 113 cm³/mol. The summed E-state index contributed by atoms with van der Waals surface area (Å²) in [6.45, 7) is 0.917. The van der Waals surface area contributed by atoms with Gasteiger partial charge < -0.3 is 4.90 Å². The molecule has 9 heteroatoms. The van der Waals surface area contributed by atoms with Crippen LogP contribution in [0.15, 0.2) is 53.4 Å². The molecule has 2 aromatic carbocycles. The Bertz CT molecular complexity index is 1100. The number of sulfonamides is 1. The third-order valence-electron chi connectivity index (χ3n) is 6.24. The lowest BCUT2D eigenvalue weighted by Crippen LogP contribution is -2.45. The number of alkyl halides is 3. The van der Waals surface area contributed by atoms with Gasteiger partial charge in [0, 0.05) is 24.7 Å². The van der Waals surface area contributed by atoms with Gasteiger partial charge in [-0.05, 0) is 67.5 Å². The average Bonchev–Trinajstić information content (AvgIpc) is 3.61. The minimum absolute atomic E-state index is 0.0195. The van der Waals surface area contributed by atoms with Gasteiger partial charge in [-0.2, -0.15) is 17.5 Å². The number of hydrogen-bond donors (Lipinski definition) is 0. The SMILES string of the molecule is CC(C1CC1)N(CC(F)(F)F)C(=O)c1ccc(S(=O)(=O)N2CCc3ccccc3C2)cc1. The summed E-state index contributed by atoms with van der Waals surface area (Å²) in [5.74, 6) is -0.666. The van der Waals surface area contributed by atoms with Crippen molar-refractivity contribution in [3.8, 4) is 0 Å². The first-order valence-corrected chi connectivity index (χ1v) is 12.0. The van der Waals surface area contributed by atoms with Gasteiger partial charge in [-0.3, -0.25) is 4.79 Å². The van der Waals surface area contributed by atoms with Crippen LogP contribution in [-0.4, -0.2) is 48.8 Å². The van der Waals surface area contributed by atoms with Crippen LogP contribution in [0.3, 0.4) is 0 Å². The van der Waals surface area contributed by atoms with Crippen LogP contribution in [0, 0.1) is 5.92 Å². The van der Waals surface area contributed by atoms with E-state index in [-0.39, 0.29) is 22.9 Å². The first kappa shape index (κ1) is 22.8. The number of halogens is 3. The Hall–Kier alpha value is -2.39. The normalized spacial score (nSPS) is 18.1. The quantitative estimate of drug-likeness (QED) is 0.640. The molecule has 1 unspecified atom stereocenters. The number of rotatable bonds is 6. The molecule has 0 N–H and O–H groups in total. The second kappa shape index (κ2) is 8.51. The van der Waals surface area contributed by atoms with Crippen LogP contribution >= 0.6 is 0 Å². The molecule has 0 bridgehead atoms. The molecule has 172 valence electrons. The Morgan fingerprint density at radius 1 is 1.09 bits per heavy atom. The zero-order valence-corrected chi connectivity index (χ0v) is 18.5. The van der Waals surface area contributed by atoms with E-state index in [1.807, 2.05) is 24.3 Å². The van der Waals surface area contributed by atoms with Crippen molar-refractivity contribution >= 4 is 15.9 Å². The Morgan fingerprint density at radius 3 is 2.31 bits per heavy atom. The number of carbonyl (C=O) groups excluding carboxylic acids is 1. The molecule has 1 atom stereocenters. The van der Waals surface area contributed by atoms with E-state index in [4.69, 9.17) is 0 Å². The number of amides is 1. The summed E-state index contributed by atoms with van der Waals surface area (Å²) >= 11 is 0. The van der Waals surface area contributed by atoms with Gasteiger partial charge in [0.2, 0.25) is 10.0 Å². The van der Waals surface area contributed by atoms with Gasteiger partial charge in [0.15, 0.2) is 0 Å². The van der Waals surface area contributed by atoms with Crippen molar-refractivity contribution in [1.82, 2.24) is 9.21 Å². The molecule has 0 radical (unpaired) electrons. The summed E-state index contributed by atoms with van der Waals surface area (Å²) in [7, 11) is -3.79. The number of hydrogen-bond acceptors (Lipinski definition) is 3. The third-order valence-corrected chi connectivity index (χ3v) is 8.10. The molecular formula is C23H25F3N2O3S. The Labute approximate surface area is 185 Å². The molecule has 1 aliphatic carbocycles. The number of carbonyl (C=O) groups is 1. The van der Waals surface area contributed by atoms with Crippen molar-refractivity contribution in [1.29, 1.82) is 0 Å². The highest BCUT2D eigenvalue weighted by Gasteiger charge is 2.40. The number of benzene rings is 2. The van der Waals surface area contributed by atoms with Crippen LogP contribution in [0.2, 0.25) is 0 Å². The molecule has 5 nitrogen and oxygen atoms in total. The molecule has 1 fully saturated rings. The molecular weight excluding hydrogens is 441 g/mol. The monoisotopic (exact) mass is 466 g/mol. The highest BCUT2D eigenvalue weighted by molar-refractivity contribution is 7.89. The molecule has 4 rings (SSSR count). The summed E-state index contributed by atoms with van der Waals surface area (Å²) in [6.07, 6.45) is -2.29. The zero-order valence-electron chi connectivity index (χ0n) is 17.7. The van der Waals surface area contributed by atoms with E-state index in [0.29, 0.717) is 13.0 Å². The van der Waals surface area contributed by atoms with Gasteiger partial charge in [-0.25, -0.2) is 8.42 Å². The molecule has 1 saturated carbocycles. The molecule has 1 heterocycles. The van der Waals surface area contributed by atoms with Crippen molar-refractivity contribution in [3.63, 3.8) is 0 Å². The van der Waals surface area contributed by atoms with Crippen LogP contribution in [-0.2, 0) is 23.0 Å². The smallest absolute Gasteiger partial charge is 0.327 e. The lowest BCUT2D eigenvalue weighted by molar-refractivity contribution is -0.144. The van der Waals surface area contributed by atoms with Crippen LogP contribution in [0.1, 0.15) is 41.3 Å². The van der Waals surface area contributed by atoms with Crippen molar-refractivity contribution in [2.75, 3.05) is 13.1 Å². The summed E-state index contributed by atoms with van der Waals surface area (Å²) in [4.78, 5) is 13.7. The highest BCUT2D eigenvalue weighted by atomic mass is 32.2.